The lowest BCUT2D eigenvalue weighted by Gasteiger charge is -2.32. The zero-order valence-electron chi connectivity index (χ0n) is 16.2. The number of piperidine rings is 1. The lowest BCUT2D eigenvalue weighted by Crippen LogP contribution is -2.46. The van der Waals surface area contributed by atoms with Crippen LogP contribution in [0.5, 0.6) is 0 Å². The normalized spacial score (nSPS) is 16.9. The second-order valence-electron chi connectivity index (χ2n) is 7.62. The number of nitrogens with one attached hydrogen (secondary N) is 2. The van der Waals surface area contributed by atoms with Gasteiger partial charge in [0.1, 0.15) is 0 Å². The molecule has 1 fully saturated rings. The van der Waals surface area contributed by atoms with Gasteiger partial charge in [0.15, 0.2) is 0 Å². The zero-order chi connectivity index (χ0) is 20.0. The summed E-state index contributed by atoms with van der Waals surface area (Å²) in [5.41, 5.74) is 1.42. The fraction of sp³-hybridized carbons (Fsp3) is 0.550. The van der Waals surface area contributed by atoms with Gasteiger partial charge in [0, 0.05) is 31.7 Å². The SMILES string of the molecule is Cc1cc(NC(=O)CC2CCCN(C(=O)NCC(C)C)C2)ccc1C(=O)O. The van der Waals surface area contributed by atoms with E-state index >= 15 is 0 Å². The summed E-state index contributed by atoms with van der Waals surface area (Å²) in [5, 5.41) is 14.8. The molecule has 1 atom stereocenters. The van der Waals surface area contributed by atoms with Crippen LogP contribution in [0.3, 0.4) is 0 Å². The minimum Gasteiger partial charge on any atom is -0.478 e. The maximum atomic E-state index is 12.4. The number of anilines is 1. The minimum atomic E-state index is -0.983. The lowest BCUT2D eigenvalue weighted by molar-refractivity contribution is -0.117. The number of rotatable bonds is 6. The van der Waals surface area contributed by atoms with Crippen molar-refractivity contribution in [1.29, 1.82) is 0 Å². The van der Waals surface area contributed by atoms with E-state index in [1.165, 1.54) is 6.07 Å². The molecule has 3 amide bonds. The Morgan fingerprint density at radius 3 is 2.67 bits per heavy atom. The molecule has 7 nitrogen and oxygen atoms in total. The largest absolute Gasteiger partial charge is 0.478 e. The average molecular weight is 375 g/mol. The number of amides is 3. The van der Waals surface area contributed by atoms with Crippen LogP contribution < -0.4 is 10.6 Å². The molecule has 148 valence electrons. The molecule has 0 radical (unpaired) electrons. The van der Waals surface area contributed by atoms with E-state index in [-0.39, 0.29) is 23.4 Å². The van der Waals surface area contributed by atoms with Crippen molar-refractivity contribution in [2.75, 3.05) is 25.0 Å². The van der Waals surface area contributed by atoms with Crippen molar-refractivity contribution in [3.63, 3.8) is 0 Å². The first-order chi connectivity index (χ1) is 12.8. The first kappa shape index (κ1) is 20.7. The Hall–Kier alpha value is -2.57. The molecule has 27 heavy (non-hydrogen) atoms. The number of carboxylic acids is 1. The van der Waals surface area contributed by atoms with Crippen LogP contribution in [0.2, 0.25) is 0 Å². The van der Waals surface area contributed by atoms with Gasteiger partial charge in [0.2, 0.25) is 5.91 Å². The van der Waals surface area contributed by atoms with Crippen LogP contribution >= 0.6 is 0 Å². The summed E-state index contributed by atoms with van der Waals surface area (Å²) < 4.78 is 0. The minimum absolute atomic E-state index is 0.0614. The number of aryl methyl sites for hydroxylation is 1. The van der Waals surface area contributed by atoms with E-state index in [0.717, 1.165) is 19.4 Å². The van der Waals surface area contributed by atoms with E-state index in [1.54, 1.807) is 24.0 Å². The summed E-state index contributed by atoms with van der Waals surface area (Å²) in [6, 6.07) is 4.69. The quantitative estimate of drug-likeness (QED) is 0.711. The van der Waals surface area contributed by atoms with Gasteiger partial charge in [-0.15, -0.1) is 0 Å². The predicted molar refractivity (Wildman–Crippen MR) is 104 cm³/mol. The summed E-state index contributed by atoms with van der Waals surface area (Å²) in [6.07, 6.45) is 2.14. The van der Waals surface area contributed by atoms with E-state index in [1.807, 2.05) is 13.8 Å². The Morgan fingerprint density at radius 2 is 2.04 bits per heavy atom. The van der Waals surface area contributed by atoms with Crippen LogP contribution in [0.4, 0.5) is 10.5 Å². The molecule has 1 heterocycles. The highest BCUT2D eigenvalue weighted by Crippen LogP contribution is 2.21. The van der Waals surface area contributed by atoms with Crippen molar-refractivity contribution >= 4 is 23.6 Å². The van der Waals surface area contributed by atoms with Gasteiger partial charge in [-0.1, -0.05) is 13.8 Å². The summed E-state index contributed by atoms with van der Waals surface area (Å²) in [6.45, 7) is 7.74. The molecule has 1 aromatic rings. The molecule has 1 aromatic carbocycles. The number of hydrogen-bond donors (Lipinski definition) is 3. The molecule has 1 aliphatic rings. The Balaban J connectivity index is 1.87. The molecule has 2 rings (SSSR count). The molecule has 0 aromatic heterocycles. The van der Waals surface area contributed by atoms with Gasteiger partial charge in [-0.05, 0) is 55.4 Å². The molecule has 3 N–H and O–H groups in total. The second-order valence-corrected chi connectivity index (χ2v) is 7.62. The van der Waals surface area contributed by atoms with Crippen LogP contribution in [0.1, 0.15) is 49.0 Å². The molecular weight excluding hydrogens is 346 g/mol. The smallest absolute Gasteiger partial charge is 0.335 e. The molecule has 1 saturated heterocycles. The standard InChI is InChI=1S/C20H29N3O4/c1-13(2)11-21-20(27)23-8-4-5-15(12-23)10-18(24)22-16-6-7-17(19(25)26)14(3)9-16/h6-7,9,13,15H,4-5,8,10-12H2,1-3H3,(H,21,27)(H,22,24)(H,25,26). The molecule has 0 aliphatic carbocycles. The monoisotopic (exact) mass is 375 g/mol. The number of benzene rings is 1. The third kappa shape index (κ3) is 6.27. The Kier molecular flexibility index (Phi) is 7.21. The Morgan fingerprint density at radius 1 is 1.30 bits per heavy atom. The summed E-state index contributed by atoms with van der Waals surface area (Å²) in [4.78, 5) is 37.4. The van der Waals surface area contributed by atoms with Gasteiger partial charge in [-0.2, -0.15) is 0 Å². The molecule has 1 unspecified atom stereocenters. The Bertz CT molecular complexity index is 702. The van der Waals surface area contributed by atoms with Gasteiger partial charge in [0.05, 0.1) is 5.56 Å². The van der Waals surface area contributed by atoms with E-state index < -0.39 is 5.97 Å². The van der Waals surface area contributed by atoms with Gasteiger partial charge < -0.3 is 20.6 Å². The third-order valence-corrected chi connectivity index (χ3v) is 4.68. The number of likely N-dealkylation sites (tertiary alicyclic amines) is 1. The number of nitrogens with zero attached hydrogens (tertiary/aromatic N) is 1. The average Bonchev–Trinajstić information content (AvgIpc) is 2.59. The zero-order valence-corrected chi connectivity index (χ0v) is 16.2. The third-order valence-electron chi connectivity index (χ3n) is 4.68. The first-order valence-electron chi connectivity index (χ1n) is 9.42. The summed E-state index contributed by atoms with van der Waals surface area (Å²) >= 11 is 0. The van der Waals surface area contributed by atoms with Crippen LogP contribution in [0.15, 0.2) is 18.2 Å². The van der Waals surface area contributed by atoms with E-state index in [4.69, 9.17) is 5.11 Å². The fourth-order valence-corrected chi connectivity index (χ4v) is 3.27. The fourth-order valence-electron chi connectivity index (χ4n) is 3.27. The summed E-state index contributed by atoms with van der Waals surface area (Å²) in [7, 11) is 0. The summed E-state index contributed by atoms with van der Waals surface area (Å²) in [5.74, 6) is -0.574. The molecular formula is C20H29N3O4. The molecule has 7 heteroatoms. The number of carboxylic acid groups (broad SMARTS) is 1. The lowest BCUT2D eigenvalue weighted by atomic mass is 9.94. The van der Waals surface area contributed by atoms with Gasteiger partial charge in [-0.3, -0.25) is 4.79 Å². The van der Waals surface area contributed by atoms with Crippen LogP contribution in [0, 0.1) is 18.8 Å². The Labute approximate surface area is 160 Å². The number of aromatic carboxylic acids is 1. The van der Waals surface area contributed by atoms with Gasteiger partial charge in [-0.25, -0.2) is 9.59 Å². The van der Waals surface area contributed by atoms with Crippen molar-refractivity contribution < 1.29 is 19.5 Å². The first-order valence-corrected chi connectivity index (χ1v) is 9.42. The molecule has 0 spiro atoms. The van der Waals surface area contributed by atoms with Crippen molar-refractivity contribution in [2.24, 2.45) is 11.8 Å². The van der Waals surface area contributed by atoms with E-state index in [0.29, 0.717) is 36.7 Å². The van der Waals surface area contributed by atoms with E-state index in [2.05, 4.69) is 10.6 Å². The molecule has 0 bridgehead atoms. The van der Waals surface area contributed by atoms with E-state index in [9.17, 15) is 14.4 Å². The maximum Gasteiger partial charge on any atom is 0.335 e. The maximum absolute atomic E-state index is 12.4. The predicted octanol–water partition coefficient (Wildman–Crippen LogP) is 3.10. The van der Waals surface area contributed by atoms with Crippen molar-refractivity contribution in [1.82, 2.24) is 10.2 Å². The van der Waals surface area contributed by atoms with Gasteiger partial charge in [0.25, 0.3) is 0 Å². The topological polar surface area (TPSA) is 98.7 Å². The highest BCUT2D eigenvalue weighted by molar-refractivity contribution is 5.93. The van der Waals surface area contributed by atoms with Crippen LogP contribution in [0.25, 0.3) is 0 Å². The number of hydrogen-bond acceptors (Lipinski definition) is 3. The highest BCUT2D eigenvalue weighted by Gasteiger charge is 2.25. The second kappa shape index (κ2) is 9.39. The van der Waals surface area contributed by atoms with Gasteiger partial charge >= 0.3 is 12.0 Å². The molecule has 0 saturated carbocycles. The van der Waals surface area contributed by atoms with Crippen LogP contribution in [-0.2, 0) is 4.79 Å². The molecule has 1 aliphatic heterocycles. The van der Waals surface area contributed by atoms with Crippen molar-refractivity contribution in [2.45, 2.75) is 40.0 Å². The highest BCUT2D eigenvalue weighted by atomic mass is 16.4. The number of carbonyl (C=O) groups is 3. The van der Waals surface area contributed by atoms with Crippen molar-refractivity contribution in [3.8, 4) is 0 Å². The van der Waals surface area contributed by atoms with Crippen molar-refractivity contribution in [3.05, 3.63) is 29.3 Å². The number of carbonyl (C=O) groups excluding carboxylic acids is 2. The van der Waals surface area contributed by atoms with Crippen LogP contribution in [-0.4, -0.2) is 47.5 Å². The number of urea groups is 1.